The van der Waals surface area contributed by atoms with Gasteiger partial charge >= 0.3 is 0 Å². The summed E-state index contributed by atoms with van der Waals surface area (Å²) in [5.41, 5.74) is 0. The smallest absolute Gasteiger partial charge is 0.159 e. The maximum Gasteiger partial charge on any atom is 0.159 e. The lowest BCUT2D eigenvalue weighted by Gasteiger charge is -2.28. The van der Waals surface area contributed by atoms with Crippen LogP contribution in [0.4, 0.5) is 0 Å². The highest BCUT2D eigenvalue weighted by molar-refractivity contribution is 7.10. The van der Waals surface area contributed by atoms with E-state index >= 15 is 0 Å². The Morgan fingerprint density at radius 2 is 2.39 bits per heavy atom. The molecule has 1 aliphatic rings. The first-order valence-electron chi connectivity index (χ1n) is 5.56. The third-order valence-electron chi connectivity index (χ3n) is 3.04. The Morgan fingerprint density at radius 3 is 3.06 bits per heavy atom. The highest BCUT2D eigenvalue weighted by Gasteiger charge is 2.35. The molecule has 0 unspecified atom stereocenters. The molecule has 0 bridgehead atoms. The number of ketones is 1. The van der Waals surface area contributed by atoms with Crippen LogP contribution in [-0.2, 0) is 4.79 Å². The van der Waals surface area contributed by atoms with Crippen LogP contribution in [0.3, 0.4) is 0 Å². The Kier molecular flexibility index (Phi) is 2.71. The molecule has 3 rings (SSSR count). The van der Waals surface area contributed by atoms with Crippen LogP contribution in [0.5, 0.6) is 0 Å². The Labute approximate surface area is 107 Å². The molecule has 6 heteroatoms. The molecule has 0 amide bonds. The number of allylic oxidation sites excluding steroid dienone is 2. The number of aromatic nitrogens is 3. The van der Waals surface area contributed by atoms with E-state index in [0.29, 0.717) is 6.42 Å². The fraction of sp³-hybridized carbons (Fsp3) is 0.250. The Hall–Kier alpha value is -1.95. The highest BCUT2D eigenvalue weighted by Crippen LogP contribution is 2.40. The fourth-order valence-electron chi connectivity index (χ4n) is 2.28. The second kappa shape index (κ2) is 4.38. The van der Waals surface area contributed by atoms with Crippen molar-refractivity contribution in [1.29, 1.82) is 0 Å². The second-order valence-electron chi connectivity index (χ2n) is 4.18. The molecule has 2 aromatic rings. The molecule has 0 saturated carbocycles. The summed E-state index contributed by atoms with van der Waals surface area (Å²) in [6, 6.07) is 3.58. The lowest BCUT2D eigenvalue weighted by atomic mass is 9.86. The summed E-state index contributed by atoms with van der Waals surface area (Å²) in [5.74, 6) is -0.0818. The monoisotopic (exact) mass is 261 g/mol. The van der Waals surface area contributed by atoms with Gasteiger partial charge in [-0.1, -0.05) is 6.07 Å². The molecule has 2 aromatic heterocycles. The van der Waals surface area contributed by atoms with Crippen LogP contribution in [0.1, 0.15) is 23.3 Å². The lowest BCUT2D eigenvalue weighted by Crippen LogP contribution is -2.26. The third-order valence-corrected chi connectivity index (χ3v) is 4.05. The van der Waals surface area contributed by atoms with Gasteiger partial charge in [-0.25, -0.2) is 9.67 Å². The third kappa shape index (κ3) is 1.84. The predicted octanol–water partition coefficient (Wildman–Crippen LogP) is 2.08. The minimum absolute atomic E-state index is 0.0511. The molecule has 1 N–H and O–H groups in total. The SMILES string of the molecule is O=C1C=C(O)[C@H](n2cncn2)[C@@H](c2cccs2)C1. The molecule has 0 aliphatic heterocycles. The summed E-state index contributed by atoms with van der Waals surface area (Å²) in [6.07, 6.45) is 4.66. The first-order valence-corrected chi connectivity index (χ1v) is 6.44. The Balaban J connectivity index is 2.05. The number of nitrogens with zero attached hydrogens (tertiary/aromatic N) is 3. The van der Waals surface area contributed by atoms with Crippen LogP contribution in [0.25, 0.3) is 0 Å². The summed E-state index contributed by atoms with van der Waals surface area (Å²) in [7, 11) is 0. The van der Waals surface area contributed by atoms with E-state index in [2.05, 4.69) is 10.1 Å². The van der Waals surface area contributed by atoms with E-state index in [9.17, 15) is 9.90 Å². The van der Waals surface area contributed by atoms with Gasteiger partial charge in [-0.15, -0.1) is 11.3 Å². The summed E-state index contributed by atoms with van der Waals surface area (Å²) < 4.78 is 1.60. The van der Waals surface area contributed by atoms with Gasteiger partial charge in [-0.3, -0.25) is 4.79 Å². The first kappa shape index (κ1) is 11.2. The molecule has 5 nitrogen and oxygen atoms in total. The number of carbonyl (C=O) groups excluding carboxylic acids is 1. The summed E-state index contributed by atoms with van der Waals surface area (Å²) >= 11 is 1.58. The van der Waals surface area contributed by atoms with Crippen molar-refractivity contribution in [3.8, 4) is 0 Å². The maximum absolute atomic E-state index is 11.6. The normalized spacial score (nSPS) is 24.0. The van der Waals surface area contributed by atoms with Crippen molar-refractivity contribution < 1.29 is 9.90 Å². The zero-order chi connectivity index (χ0) is 12.5. The van der Waals surface area contributed by atoms with E-state index in [0.717, 1.165) is 4.88 Å². The van der Waals surface area contributed by atoms with Crippen molar-refractivity contribution >= 4 is 17.1 Å². The first-order chi connectivity index (χ1) is 8.75. The molecule has 2 heterocycles. The van der Waals surface area contributed by atoms with Gasteiger partial charge in [0.25, 0.3) is 0 Å². The zero-order valence-corrected chi connectivity index (χ0v) is 10.2. The van der Waals surface area contributed by atoms with Crippen molar-refractivity contribution in [2.24, 2.45) is 0 Å². The van der Waals surface area contributed by atoms with Crippen LogP contribution < -0.4 is 0 Å². The largest absolute Gasteiger partial charge is 0.510 e. The van der Waals surface area contributed by atoms with Gasteiger partial charge in [-0.2, -0.15) is 5.10 Å². The van der Waals surface area contributed by atoms with Crippen LogP contribution >= 0.6 is 11.3 Å². The quantitative estimate of drug-likeness (QED) is 0.898. The van der Waals surface area contributed by atoms with E-state index in [1.165, 1.54) is 12.4 Å². The van der Waals surface area contributed by atoms with Crippen molar-refractivity contribution in [2.75, 3.05) is 0 Å². The average Bonchev–Trinajstić information content (AvgIpc) is 3.01. The minimum Gasteiger partial charge on any atom is -0.510 e. The van der Waals surface area contributed by atoms with Gasteiger partial charge in [0.2, 0.25) is 0 Å². The molecular weight excluding hydrogens is 250 g/mol. The zero-order valence-electron chi connectivity index (χ0n) is 9.43. The molecule has 0 fully saturated rings. The lowest BCUT2D eigenvalue weighted by molar-refractivity contribution is -0.116. The molecular formula is C12H11N3O2S. The van der Waals surface area contributed by atoms with E-state index in [-0.39, 0.29) is 23.5 Å². The fourth-order valence-corrected chi connectivity index (χ4v) is 3.14. The molecule has 0 radical (unpaired) electrons. The Morgan fingerprint density at radius 1 is 1.50 bits per heavy atom. The Bertz CT molecular complexity index is 575. The van der Waals surface area contributed by atoms with E-state index in [1.807, 2.05) is 17.5 Å². The van der Waals surface area contributed by atoms with Crippen molar-refractivity contribution in [1.82, 2.24) is 14.8 Å². The standard InChI is InChI=1S/C12H11N3O2S/c16-8-4-9(11-2-1-3-18-11)12(10(17)5-8)15-7-13-6-14-15/h1-3,5-7,9,12,17H,4H2/t9-,12-/m1/s1. The number of carbonyl (C=O) groups is 1. The molecule has 92 valence electrons. The molecule has 2 atom stereocenters. The number of rotatable bonds is 2. The summed E-state index contributed by atoms with van der Waals surface area (Å²) in [4.78, 5) is 16.6. The number of hydrogen-bond donors (Lipinski definition) is 1. The van der Waals surface area contributed by atoms with Gasteiger partial charge < -0.3 is 5.11 Å². The maximum atomic E-state index is 11.6. The molecule has 0 spiro atoms. The van der Waals surface area contributed by atoms with Crippen LogP contribution in [0, 0.1) is 0 Å². The van der Waals surface area contributed by atoms with Gasteiger partial charge in [0.15, 0.2) is 5.78 Å². The molecule has 0 saturated heterocycles. The van der Waals surface area contributed by atoms with E-state index in [1.54, 1.807) is 22.3 Å². The van der Waals surface area contributed by atoms with Crippen molar-refractivity contribution in [3.05, 3.63) is 46.9 Å². The van der Waals surface area contributed by atoms with Crippen molar-refractivity contribution in [3.63, 3.8) is 0 Å². The number of hydrogen-bond acceptors (Lipinski definition) is 5. The van der Waals surface area contributed by atoms with Crippen molar-refractivity contribution in [2.45, 2.75) is 18.4 Å². The number of thiophene rings is 1. The van der Waals surface area contributed by atoms with Gasteiger partial charge in [-0.05, 0) is 11.4 Å². The van der Waals surface area contributed by atoms with Gasteiger partial charge in [0.1, 0.15) is 24.5 Å². The van der Waals surface area contributed by atoms with Crippen LogP contribution in [-0.4, -0.2) is 25.7 Å². The van der Waals surface area contributed by atoms with E-state index in [4.69, 9.17) is 0 Å². The van der Waals surface area contributed by atoms with Crippen LogP contribution in [0.2, 0.25) is 0 Å². The molecule has 18 heavy (non-hydrogen) atoms. The highest BCUT2D eigenvalue weighted by atomic mass is 32.1. The molecule has 1 aliphatic carbocycles. The summed E-state index contributed by atoms with van der Waals surface area (Å²) in [5, 5.41) is 16.1. The number of aliphatic hydroxyl groups is 1. The predicted molar refractivity (Wildman–Crippen MR) is 66.5 cm³/mol. The second-order valence-corrected chi connectivity index (χ2v) is 5.16. The summed E-state index contributed by atoms with van der Waals surface area (Å²) in [6.45, 7) is 0. The number of aliphatic hydroxyl groups excluding tert-OH is 1. The van der Waals surface area contributed by atoms with Gasteiger partial charge in [0.05, 0.1) is 0 Å². The molecule has 0 aromatic carbocycles. The van der Waals surface area contributed by atoms with Crippen LogP contribution in [0.15, 0.2) is 42.0 Å². The average molecular weight is 261 g/mol. The minimum atomic E-state index is -0.344. The van der Waals surface area contributed by atoms with E-state index < -0.39 is 0 Å². The topological polar surface area (TPSA) is 68.0 Å². The van der Waals surface area contributed by atoms with Gasteiger partial charge in [0, 0.05) is 23.3 Å².